The molecule has 10 nitrogen and oxygen atoms in total. The van der Waals surface area contributed by atoms with Gasteiger partial charge >= 0.3 is 11.9 Å². The zero-order valence-corrected chi connectivity index (χ0v) is 16.4. The Morgan fingerprint density at radius 1 is 1.06 bits per heavy atom. The average molecular weight is 421 g/mol. The minimum atomic E-state index is -1.15. The van der Waals surface area contributed by atoms with Crippen molar-refractivity contribution in [1.82, 2.24) is 10.3 Å². The maximum Gasteiger partial charge on any atom is 0.343 e. The van der Waals surface area contributed by atoms with Crippen LogP contribution in [0, 0.1) is 0 Å². The van der Waals surface area contributed by atoms with Gasteiger partial charge in [-0.2, -0.15) is 0 Å². The molecule has 3 aromatic rings. The van der Waals surface area contributed by atoms with Crippen molar-refractivity contribution >= 4 is 40.4 Å². The number of carbonyl (C=O) groups excluding carboxylic acids is 2. The molecule has 2 aromatic carbocycles. The number of hydrogen-bond acceptors (Lipinski definition) is 6. The molecule has 0 unspecified atom stereocenters. The van der Waals surface area contributed by atoms with Crippen LogP contribution in [0.2, 0.25) is 0 Å². The molecule has 1 aromatic heterocycles. The number of rotatable bonds is 6. The van der Waals surface area contributed by atoms with E-state index in [9.17, 15) is 14.4 Å². The van der Waals surface area contributed by atoms with Gasteiger partial charge in [0.2, 0.25) is 0 Å². The lowest BCUT2D eigenvalue weighted by atomic mass is 10.1. The van der Waals surface area contributed by atoms with Crippen LogP contribution < -0.4 is 21.5 Å². The minimum absolute atomic E-state index is 0.0752. The monoisotopic (exact) mass is 421 g/mol. The highest BCUT2D eigenvalue weighted by Crippen LogP contribution is 2.22. The van der Waals surface area contributed by atoms with E-state index in [-0.39, 0.29) is 11.7 Å². The summed E-state index contributed by atoms with van der Waals surface area (Å²) in [5.74, 6) is -2.10. The van der Waals surface area contributed by atoms with Gasteiger partial charge in [-0.1, -0.05) is 6.07 Å². The van der Waals surface area contributed by atoms with Gasteiger partial charge in [0.05, 0.1) is 16.8 Å². The van der Waals surface area contributed by atoms with E-state index in [2.05, 4.69) is 15.3 Å². The first kappa shape index (κ1) is 21.2. The zero-order valence-electron chi connectivity index (χ0n) is 16.4. The van der Waals surface area contributed by atoms with Crippen LogP contribution in [-0.4, -0.2) is 39.9 Å². The molecule has 10 heteroatoms. The van der Waals surface area contributed by atoms with Gasteiger partial charge in [-0.3, -0.25) is 9.59 Å². The summed E-state index contributed by atoms with van der Waals surface area (Å²) in [6.45, 7) is 1.36. The molecular formula is C21H19N5O5. The topological polar surface area (TPSA) is 170 Å². The summed E-state index contributed by atoms with van der Waals surface area (Å²) < 4.78 is 5.39. The lowest BCUT2D eigenvalue weighted by Crippen LogP contribution is -2.38. The van der Waals surface area contributed by atoms with Crippen molar-refractivity contribution in [2.24, 2.45) is 16.5 Å². The number of guanidine groups is 1. The van der Waals surface area contributed by atoms with Gasteiger partial charge in [0.25, 0.3) is 5.91 Å². The van der Waals surface area contributed by atoms with Crippen LogP contribution in [0.4, 0.5) is 5.69 Å². The molecular weight excluding hydrogens is 402 g/mol. The molecule has 0 saturated carbocycles. The Morgan fingerprint density at radius 3 is 2.42 bits per heavy atom. The number of hydrogen-bond donors (Lipinski definition) is 4. The minimum Gasteiger partial charge on any atom is -0.480 e. The molecule has 6 N–H and O–H groups in total. The van der Waals surface area contributed by atoms with Crippen molar-refractivity contribution in [2.75, 3.05) is 0 Å². The van der Waals surface area contributed by atoms with Crippen molar-refractivity contribution < 1.29 is 24.2 Å². The van der Waals surface area contributed by atoms with Crippen LogP contribution >= 0.6 is 0 Å². The van der Waals surface area contributed by atoms with Crippen LogP contribution in [0.3, 0.4) is 0 Å². The SMILES string of the molecule is C[C@@H](NC(=O)c1ccc2cc(OC(=O)c3ccc(N=C(N)N)cc3)ccc2n1)C(=O)O. The van der Waals surface area contributed by atoms with Gasteiger partial charge in [0.15, 0.2) is 5.96 Å². The van der Waals surface area contributed by atoms with Gasteiger partial charge in [0, 0.05) is 5.39 Å². The van der Waals surface area contributed by atoms with Crippen molar-refractivity contribution in [3.05, 3.63) is 65.9 Å². The van der Waals surface area contributed by atoms with E-state index in [1.807, 2.05) is 0 Å². The summed E-state index contributed by atoms with van der Waals surface area (Å²) in [7, 11) is 0. The molecule has 0 spiro atoms. The molecule has 1 amide bonds. The predicted molar refractivity (Wildman–Crippen MR) is 113 cm³/mol. The third kappa shape index (κ3) is 5.32. The molecule has 1 atom stereocenters. The van der Waals surface area contributed by atoms with E-state index in [1.54, 1.807) is 36.4 Å². The number of pyridine rings is 1. The number of fused-ring (bicyclic) bond motifs is 1. The number of nitrogens with zero attached hydrogens (tertiary/aromatic N) is 2. The van der Waals surface area contributed by atoms with Crippen LogP contribution in [0.1, 0.15) is 27.8 Å². The summed E-state index contributed by atoms with van der Waals surface area (Å²) >= 11 is 0. The fourth-order valence-electron chi connectivity index (χ4n) is 2.61. The number of carbonyl (C=O) groups is 3. The van der Waals surface area contributed by atoms with E-state index in [1.165, 1.54) is 25.1 Å². The molecule has 1 heterocycles. The number of nitrogens with one attached hydrogen (secondary N) is 1. The fraction of sp³-hybridized carbons (Fsp3) is 0.0952. The fourth-order valence-corrected chi connectivity index (χ4v) is 2.61. The molecule has 158 valence electrons. The third-order valence-corrected chi connectivity index (χ3v) is 4.18. The van der Waals surface area contributed by atoms with Crippen LogP contribution in [0.25, 0.3) is 10.9 Å². The van der Waals surface area contributed by atoms with E-state index in [0.29, 0.717) is 27.9 Å². The lowest BCUT2D eigenvalue weighted by Gasteiger charge is -2.10. The summed E-state index contributed by atoms with van der Waals surface area (Å²) in [6, 6.07) is 13.0. The Balaban J connectivity index is 1.74. The molecule has 0 bridgehead atoms. The molecule has 0 radical (unpaired) electrons. The van der Waals surface area contributed by atoms with Gasteiger partial charge in [-0.25, -0.2) is 14.8 Å². The number of esters is 1. The molecule has 0 saturated heterocycles. The zero-order chi connectivity index (χ0) is 22.5. The Kier molecular flexibility index (Phi) is 6.10. The van der Waals surface area contributed by atoms with Gasteiger partial charge in [-0.05, 0) is 55.5 Å². The van der Waals surface area contributed by atoms with E-state index in [4.69, 9.17) is 21.3 Å². The van der Waals surface area contributed by atoms with Crippen LogP contribution in [0.15, 0.2) is 59.6 Å². The standard InChI is InChI=1S/C21H19N5O5/c1-11(19(28)29)24-18(27)17-8-4-13-10-15(7-9-16(13)26-17)31-20(30)12-2-5-14(6-3-12)25-21(22)23/h2-11H,1H3,(H,24,27)(H,28,29)(H4,22,23,25)/t11-/m1/s1. The van der Waals surface area contributed by atoms with Crippen molar-refractivity contribution in [3.63, 3.8) is 0 Å². The highest BCUT2D eigenvalue weighted by Gasteiger charge is 2.17. The van der Waals surface area contributed by atoms with E-state index < -0.39 is 23.9 Å². The maximum atomic E-state index is 12.4. The van der Waals surface area contributed by atoms with E-state index in [0.717, 1.165) is 0 Å². The summed E-state index contributed by atoms with van der Waals surface area (Å²) in [6.07, 6.45) is 0. The molecule has 31 heavy (non-hydrogen) atoms. The van der Waals surface area contributed by atoms with Gasteiger partial charge in [0.1, 0.15) is 17.5 Å². The number of nitrogens with two attached hydrogens (primary N) is 2. The first-order valence-corrected chi connectivity index (χ1v) is 9.09. The highest BCUT2D eigenvalue weighted by molar-refractivity contribution is 5.97. The molecule has 0 fully saturated rings. The van der Waals surface area contributed by atoms with Crippen LogP contribution in [-0.2, 0) is 4.79 Å². The molecule has 3 rings (SSSR count). The lowest BCUT2D eigenvalue weighted by molar-refractivity contribution is -0.138. The Bertz CT molecular complexity index is 1190. The number of amides is 1. The first-order valence-electron chi connectivity index (χ1n) is 9.09. The normalized spacial score (nSPS) is 11.4. The van der Waals surface area contributed by atoms with Crippen LogP contribution in [0.5, 0.6) is 5.75 Å². The molecule has 0 aliphatic heterocycles. The number of aromatic nitrogens is 1. The van der Waals surface area contributed by atoms with Gasteiger partial charge in [-0.15, -0.1) is 0 Å². The number of aliphatic imine (C=N–C) groups is 1. The maximum absolute atomic E-state index is 12.4. The second-order valence-electron chi connectivity index (χ2n) is 6.56. The number of aliphatic carboxylic acids is 1. The second-order valence-corrected chi connectivity index (χ2v) is 6.56. The smallest absolute Gasteiger partial charge is 0.343 e. The summed E-state index contributed by atoms with van der Waals surface area (Å²) in [5.41, 5.74) is 12.0. The number of carboxylic acid groups (broad SMARTS) is 1. The Labute approximate surface area is 176 Å². The van der Waals surface area contributed by atoms with Crippen molar-refractivity contribution in [3.8, 4) is 5.75 Å². The largest absolute Gasteiger partial charge is 0.480 e. The predicted octanol–water partition coefficient (Wildman–Crippen LogP) is 1.56. The van der Waals surface area contributed by atoms with Gasteiger partial charge < -0.3 is 26.6 Å². The van der Waals surface area contributed by atoms with E-state index >= 15 is 0 Å². The third-order valence-electron chi connectivity index (χ3n) is 4.18. The highest BCUT2D eigenvalue weighted by atomic mass is 16.5. The van der Waals surface area contributed by atoms with Crippen molar-refractivity contribution in [2.45, 2.75) is 13.0 Å². The van der Waals surface area contributed by atoms with Crippen molar-refractivity contribution in [1.29, 1.82) is 0 Å². The number of carboxylic acids is 1. The second kappa shape index (κ2) is 8.91. The quantitative estimate of drug-likeness (QED) is 0.201. The summed E-state index contributed by atoms with van der Waals surface area (Å²) in [4.78, 5) is 43.5. The average Bonchev–Trinajstić information content (AvgIpc) is 2.73. The first-order chi connectivity index (χ1) is 14.7. The molecule has 0 aliphatic rings. The number of benzene rings is 2. The Hall–Kier alpha value is -4.47. The Morgan fingerprint density at radius 2 is 1.77 bits per heavy atom. The molecule has 0 aliphatic carbocycles. The summed E-state index contributed by atoms with van der Waals surface area (Å²) in [5, 5.41) is 11.9. The number of ether oxygens (including phenoxy) is 1.